The SMILES string of the molecule is CCCNc1cc(N2CCC(O)C(C)C2)nc(N)n1. The van der Waals surface area contributed by atoms with E-state index in [2.05, 4.69) is 34.0 Å². The van der Waals surface area contributed by atoms with Crippen LogP contribution >= 0.6 is 0 Å². The number of aliphatic hydroxyl groups excluding tert-OH is 1. The molecule has 4 N–H and O–H groups in total. The highest BCUT2D eigenvalue weighted by molar-refractivity contribution is 5.52. The lowest BCUT2D eigenvalue weighted by molar-refractivity contribution is 0.0969. The molecule has 0 amide bonds. The fourth-order valence-corrected chi connectivity index (χ4v) is 2.30. The molecule has 6 nitrogen and oxygen atoms in total. The molecule has 1 aromatic rings. The van der Waals surface area contributed by atoms with Crippen molar-refractivity contribution in [1.82, 2.24) is 9.97 Å². The van der Waals surface area contributed by atoms with E-state index in [-0.39, 0.29) is 18.0 Å². The van der Waals surface area contributed by atoms with E-state index in [0.29, 0.717) is 0 Å². The van der Waals surface area contributed by atoms with Crippen LogP contribution in [-0.4, -0.2) is 40.8 Å². The standard InChI is InChI=1S/C13H23N5O/c1-3-5-15-11-7-12(17-13(14)16-11)18-6-4-10(19)9(2)8-18/h7,9-10,19H,3-6,8H2,1-2H3,(H3,14,15,16,17). The van der Waals surface area contributed by atoms with Crippen molar-refractivity contribution in [3.8, 4) is 0 Å². The normalized spacial score (nSPS) is 23.4. The Bertz CT molecular complexity index is 425. The molecule has 6 heteroatoms. The Hall–Kier alpha value is -1.56. The first-order valence-electron chi connectivity index (χ1n) is 6.91. The average Bonchev–Trinajstić information content (AvgIpc) is 2.39. The molecule has 0 aromatic carbocycles. The van der Waals surface area contributed by atoms with Crippen LogP contribution in [0.2, 0.25) is 0 Å². The van der Waals surface area contributed by atoms with Crippen LogP contribution in [0.25, 0.3) is 0 Å². The number of nitrogen functional groups attached to an aromatic ring is 1. The van der Waals surface area contributed by atoms with Gasteiger partial charge in [0.05, 0.1) is 6.10 Å². The zero-order chi connectivity index (χ0) is 13.8. The van der Waals surface area contributed by atoms with E-state index in [9.17, 15) is 5.11 Å². The number of nitrogens with two attached hydrogens (primary N) is 1. The lowest BCUT2D eigenvalue weighted by atomic mass is 9.97. The van der Waals surface area contributed by atoms with Crippen molar-refractivity contribution < 1.29 is 5.11 Å². The zero-order valence-electron chi connectivity index (χ0n) is 11.6. The van der Waals surface area contributed by atoms with Crippen LogP contribution in [0.3, 0.4) is 0 Å². The molecular formula is C13H23N5O. The van der Waals surface area contributed by atoms with Crippen LogP contribution in [-0.2, 0) is 0 Å². The van der Waals surface area contributed by atoms with E-state index < -0.39 is 0 Å². The average molecular weight is 265 g/mol. The maximum atomic E-state index is 9.77. The van der Waals surface area contributed by atoms with Gasteiger partial charge in [0.2, 0.25) is 5.95 Å². The summed E-state index contributed by atoms with van der Waals surface area (Å²) < 4.78 is 0. The van der Waals surface area contributed by atoms with Gasteiger partial charge in [0.25, 0.3) is 0 Å². The molecule has 2 rings (SSSR count). The Morgan fingerprint density at radius 1 is 1.53 bits per heavy atom. The van der Waals surface area contributed by atoms with Gasteiger partial charge < -0.3 is 21.1 Å². The second kappa shape index (κ2) is 6.06. The molecule has 2 heterocycles. The van der Waals surface area contributed by atoms with Crippen LogP contribution in [0.1, 0.15) is 26.7 Å². The van der Waals surface area contributed by atoms with Gasteiger partial charge in [-0.05, 0) is 18.8 Å². The van der Waals surface area contributed by atoms with Crippen LogP contribution < -0.4 is 16.0 Å². The number of aromatic nitrogens is 2. The van der Waals surface area contributed by atoms with Crippen molar-refractivity contribution in [2.45, 2.75) is 32.8 Å². The third kappa shape index (κ3) is 3.47. The molecule has 1 aliphatic rings. The molecule has 1 fully saturated rings. The Balaban J connectivity index is 2.13. The number of nitrogens with one attached hydrogen (secondary N) is 1. The highest BCUT2D eigenvalue weighted by Crippen LogP contribution is 2.24. The molecule has 0 spiro atoms. The summed E-state index contributed by atoms with van der Waals surface area (Å²) in [4.78, 5) is 10.6. The van der Waals surface area contributed by atoms with Crippen molar-refractivity contribution in [3.05, 3.63) is 6.07 Å². The van der Waals surface area contributed by atoms with E-state index in [4.69, 9.17) is 5.73 Å². The fraction of sp³-hybridized carbons (Fsp3) is 0.692. The van der Waals surface area contributed by atoms with Crippen LogP contribution in [0, 0.1) is 5.92 Å². The minimum absolute atomic E-state index is 0.215. The number of rotatable bonds is 4. The predicted octanol–water partition coefficient (Wildman–Crippen LogP) is 1.09. The molecule has 1 saturated heterocycles. The number of aliphatic hydroxyl groups is 1. The van der Waals surface area contributed by atoms with E-state index in [1.54, 1.807) is 0 Å². The van der Waals surface area contributed by atoms with E-state index in [0.717, 1.165) is 44.1 Å². The van der Waals surface area contributed by atoms with E-state index in [1.807, 2.05) is 6.07 Å². The fourth-order valence-electron chi connectivity index (χ4n) is 2.30. The number of nitrogens with zero attached hydrogens (tertiary/aromatic N) is 3. The lowest BCUT2D eigenvalue weighted by Crippen LogP contribution is -2.42. The molecule has 0 saturated carbocycles. The molecule has 1 aliphatic heterocycles. The molecule has 0 aliphatic carbocycles. The van der Waals surface area contributed by atoms with Crippen molar-refractivity contribution >= 4 is 17.6 Å². The zero-order valence-corrected chi connectivity index (χ0v) is 11.6. The van der Waals surface area contributed by atoms with Gasteiger partial charge in [0, 0.05) is 25.7 Å². The predicted molar refractivity (Wildman–Crippen MR) is 77.2 cm³/mol. The van der Waals surface area contributed by atoms with Crippen LogP contribution in [0.5, 0.6) is 0 Å². The van der Waals surface area contributed by atoms with Gasteiger partial charge in [-0.1, -0.05) is 13.8 Å². The van der Waals surface area contributed by atoms with Gasteiger partial charge in [0.15, 0.2) is 0 Å². The molecule has 19 heavy (non-hydrogen) atoms. The smallest absolute Gasteiger partial charge is 0.223 e. The summed E-state index contributed by atoms with van der Waals surface area (Å²) in [6, 6.07) is 1.93. The maximum absolute atomic E-state index is 9.77. The van der Waals surface area contributed by atoms with Gasteiger partial charge in [-0.15, -0.1) is 0 Å². The number of anilines is 3. The Morgan fingerprint density at radius 2 is 2.32 bits per heavy atom. The summed E-state index contributed by atoms with van der Waals surface area (Å²) >= 11 is 0. The first kappa shape index (κ1) is 13.9. The quantitative estimate of drug-likeness (QED) is 0.755. The van der Waals surface area contributed by atoms with Crippen LogP contribution in [0.4, 0.5) is 17.6 Å². The summed E-state index contributed by atoms with van der Waals surface area (Å²) in [6.45, 7) is 6.62. The van der Waals surface area contributed by atoms with E-state index >= 15 is 0 Å². The largest absolute Gasteiger partial charge is 0.393 e. The van der Waals surface area contributed by atoms with Crippen molar-refractivity contribution in [3.63, 3.8) is 0 Å². The summed E-state index contributed by atoms with van der Waals surface area (Å²) in [5.41, 5.74) is 5.76. The Labute approximate surface area is 114 Å². The van der Waals surface area contributed by atoms with Crippen LogP contribution in [0.15, 0.2) is 6.07 Å². The Morgan fingerprint density at radius 3 is 3.00 bits per heavy atom. The van der Waals surface area contributed by atoms with Gasteiger partial charge in [-0.2, -0.15) is 9.97 Å². The molecular weight excluding hydrogens is 242 g/mol. The van der Waals surface area contributed by atoms with Gasteiger partial charge >= 0.3 is 0 Å². The van der Waals surface area contributed by atoms with Crippen molar-refractivity contribution in [1.29, 1.82) is 0 Å². The third-order valence-corrected chi connectivity index (χ3v) is 3.47. The van der Waals surface area contributed by atoms with Gasteiger partial charge in [-0.25, -0.2) is 0 Å². The molecule has 2 unspecified atom stereocenters. The van der Waals surface area contributed by atoms with E-state index in [1.165, 1.54) is 0 Å². The first-order valence-corrected chi connectivity index (χ1v) is 6.91. The van der Waals surface area contributed by atoms with Gasteiger partial charge in [0.1, 0.15) is 11.6 Å². The summed E-state index contributed by atoms with van der Waals surface area (Å²) in [7, 11) is 0. The lowest BCUT2D eigenvalue weighted by Gasteiger charge is -2.35. The maximum Gasteiger partial charge on any atom is 0.223 e. The summed E-state index contributed by atoms with van der Waals surface area (Å²) in [5, 5.41) is 13.0. The summed E-state index contributed by atoms with van der Waals surface area (Å²) in [6.07, 6.45) is 1.59. The number of hydrogen-bond acceptors (Lipinski definition) is 6. The molecule has 2 atom stereocenters. The highest BCUT2D eigenvalue weighted by Gasteiger charge is 2.25. The molecule has 0 radical (unpaired) electrons. The van der Waals surface area contributed by atoms with Crippen molar-refractivity contribution in [2.75, 3.05) is 35.6 Å². The second-order valence-electron chi connectivity index (χ2n) is 5.18. The minimum atomic E-state index is -0.215. The first-order chi connectivity index (χ1) is 9.10. The molecule has 0 bridgehead atoms. The highest BCUT2D eigenvalue weighted by atomic mass is 16.3. The molecule has 1 aromatic heterocycles. The molecule has 106 valence electrons. The number of piperidine rings is 1. The summed E-state index contributed by atoms with van der Waals surface area (Å²) in [5.74, 6) is 2.14. The monoisotopic (exact) mass is 265 g/mol. The Kier molecular flexibility index (Phi) is 4.42. The number of hydrogen-bond donors (Lipinski definition) is 3. The topological polar surface area (TPSA) is 87.3 Å². The third-order valence-electron chi connectivity index (χ3n) is 3.47. The second-order valence-corrected chi connectivity index (χ2v) is 5.18. The van der Waals surface area contributed by atoms with Crippen molar-refractivity contribution in [2.24, 2.45) is 5.92 Å². The minimum Gasteiger partial charge on any atom is -0.393 e. The van der Waals surface area contributed by atoms with Gasteiger partial charge in [-0.3, -0.25) is 0 Å².